The van der Waals surface area contributed by atoms with Crippen LogP contribution in [0.1, 0.15) is 39.0 Å². The van der Waals surface area contributed by atoms with Crippen LogP contribution < -0.4 is 20.3 Å². The molecule has 2 N–H and O–H groups in total. The quantitative estimate of drug-likeness (QED) is 0.810. The van der Waals surface area contributed by atoms with Crippen LogP contribution in [0, 0.1) is 0 Å². The topological polar surface area (TPSA) is 73.9 Å². The molecule has 0 bridgehead atoms. The Hall–Kier alpha value is -2.28. The summed E-state index contributed by atoms with van der Waals surface area (Å²) in [7, 11) is 1.67. The molecule has 1 atom stereocenters. The van der Waals surface area contributed by atoms with Crippen molar-refractivity contribution in [2.24, 2.45) is 0 Å². The fraction of sp³-hybridized carbons (Fsp3) is 0.619. The van der Waals surface area contributed by atoms with Gasteiger partial charge in [0.1, 0.15) is 5.75 Å². The van der Waals surface area contributed by atoms with Gasteiger partial charge in [-0.15, -0.1) is 0 Å². The van der Waals surface area contributed by atoms with Crippen LogP contribution >= 0.6 is 0 Å². The molecule has 1 aliphatic carbocycles. The smallest absolute Gasteiger partial charge is 0.321 e. The van der Waals surface area contributed by atoms with E-state index in [9.17, 15) is 9.59 Å². The summed E-state index contributed by atoms with van der Waals surface area (Å²) in [6.07, 6.45) is 5.53. The van der Waals surface area contributed by atoms with Gasteiger partial charge in [-0.3, -0.25) is 15.0 Å². The van der Waals surface area contributed by atoms with E-state index in [1.807, 2.05) is 25.1 Å². The summed E-state index contributed by atoms with van der Waals surface area (Å²) in [4.78, 5) is 29.0. The Labute approximate surface area is 167 Å². The number of carbonyl (C=O) groups excluding carboxylic acids is 2. The average Bonchev–Trinajstić information content (AvgIpc) is 2.74. The third-order valence-electron chi connectivity index (χ3n) is 5.84. The van der Waals surface area contributed by atoms with E-state index >= 15 is 0 Å². The van der Waals surface area contributed by atoms with Crippen molar-refractivity contribution in [3.05, 3.63) is 24.3 Å². The Morgan fingerprint density at radius 2 is 1.82 bits per heavy atom. The van der Waals surface area contributed by atoms with Crippen LogP contribution in [0.3, 0.4) is 0 Å². The Balaban J connectivity index is 1.45. The molecule has 0 radical (unpaired) electrons. The van der Waals surface area contributed by atoms with Crippen molar-refractivity contribution in [1.82, 2.24) is 15.5 Å². The molecule has 1 aromatic rings. The van der Waals surface area contributed by atoms with Crippen LogP contribution in [0.4, 0.5) is 10.5 Å². The van der Waals surface area contributed by atoms with Gasteiger partial charge in [0.25, 0.3) is 0 Å². The molecule has 7 heteroatoms. The number of urea groups is 1. The maximum Gasteiger partial charge on any atom is 0.321 e. The van der Waals surface area contributed by atoms with Gasteiger partial charge in [0.05, 0.1) is 13.2 Å². The number of benzene rings is 1. The number of ether oxygens (including phenoxy) is 1. The summed E-state index contributed by atoms with van der Waals surface area (Å²) in [6, 6.07) is 7.53. The summed E-state index contributed by atoms with van der Waals surface area (Å²) in [5.74, 6) is 0.611. The standard InChI is InChI=1S/C21H32N4O3/c1-16(20(26)23-21(27)22-17-7-4-3-5-8-17)24-11-13-25(14-12-24)18-9-6-10-19(15-18)28-2/h6,9-10,15-17H,3-5,7-8,11-14H2,1-2H3,(H2,22,23,26,27)/t16-/m1/s1. The van der Waals surface area contributed by atoms with E-state index in [1.165, 1.54) is 6.42 Å². The SMILES string of the molecule is COc1cccc(N2CCN([C@H](C)C(=O)NC(=O)NC3CCCCC3)CC2)c1. The second-order valence-electron chi connectivity index (χ2n) is 7.70. The lowest BCUT2D eigenvalue weighted by Crippen LogP contribution is -2.56. The zero-order chi connectivity index (χ0) is 19.9. The molecule has 1 saturated heterocycles. The van der Waals surface area contributed by atoms with E-state index in [0.717, 1.165) is 63.3 Å². The number of amides is 3. The van der Waals surface area contributed by atoms with Crippen molar-refractivity contribution in [3.8, 4) is 5.75 Å². The summed E-state index contributed by atoms with van der Waals surface area (Å²) in [5.41, 5.74) is 1.13. The molecule has 2 aliphatic rings. The lowest BCUT2D eigenvalue weighted by molar-refractivity contribution is -0.124. The lowest BCUT2D eigenvalue weighted by Gasteiger charge is -2.38. The van der Waals surface area contributed by atoms with Gasteiger partial charge in [0, 0.05) is 44.0 Å². The summed E-state index contributed by atoms with van der Waals surface area (Å²) in [5, 5.41) is 5.46. The molecule has 3 rings (SSSR count). The Bertz CT molecular complexity index is 667. The summed E-state index contributed by atoms with van der Waals surface area (Å²) < 4.78 is 5.30. The Morgan fingerprint density at radius 1 is 1.11 bits per heavy atom. The number of methoxy groups -OCH3 is 1. The van der Waals surface area contributed by atoms with Gasteiger partial charge in [-0.2, -0.15) is 0 Å². The van der Waals surface area contributed by atoms with Crippen LogP contribution in [0.5, 0.6) is 5.75 Å². The van der Waals surface area contributed by atoms with Crippen molar-refractivity contribution in [2.75, 3.05) is 38.2 Å². The number of carbonyl (C=O) groups is 2. The molecular weight excluding hydrogens is 356 g/mol. The highest BCUT2D eigenvalue weighted by molar-refractivity contribution is 5.96. The van der Waals surface area contributed by atoms with Crippen LogP contribution in [-0.4, -0.2) is 62.2 Å². The van der Waals surface area contributed by atoms with Crippen molar-refractivity contribution in [1.29, 1.82) is 0 Å². The fourth-order valence-corrected chi connectivity index (χ4v) is 4.03. The first-order valence-corrected chi connectivity index (χ1v) is 10.3. The van der Waals surface area contributed by atoms with E-state index < -0.39 is 0 Å². The molecule has 0 spiro atoms. The first kappa shape index (κ1) is 20.5. The summed E-state index contributed by atoms with van der Waals surface area (Å²) >= 11 is 0. The molecule has 3 amide bonds. The van der Waals surface area contributed by atoms with Gasteiger partial charge in [0.15, 0.2) is 0 Å². The van der Waals surface area contributed by atoms with Crippen molar-refractivity contribution in [3.63, 3.8) is 0 Å². The number of nitrogens with one attached hydrogen (secondary N) is 2. The zero-order valence-corrected chi connectivity index (χ0v) is 16.9. The van der Waals surface area contributed by atoms with Gasteiger partial charge in [-0.1, -0.05) is 25.3 Å². The number of hydrogen-bond donors (Lipinski definition) is 2. The second-order valence-corrected chi connectivity index (χ2v) is 7.70. The highest BCUT2D eigenvalue weighted by Crippen LogP contribution is 2.22. The number of anilines is 1. The van der Waals surface area contributed by atoms with Gasteiger partial charge < -0.3 is 15.0 Å². The predicted molar refractivity (Wildman–Crippen MR) is 110 cm³/mol. The van der Waals surface area contributed by atoms with Crippen LogP contribution in [0.2, 0.25) is 0 Å². The molecule has 1 heterocycles. The van der Waals surface area contributed by atoms with E-state index in [2.05, 4.69) is 26.5 Å². The van der Waals surface area contributed by atoms with Crippen LogP contribution in [0.15, 0.2) is 24.3 Å². The maximum absolute atomic E-state index is 12.5. The number of hydrogen-bond acceptors (Lipinski definition) is 5. The highest BCUT2D eigenvalue weighted by Gasteiger charge is 2.27. The third kappa shape index (κ3) is 5.38. The van der Waals surface area contributed by atoms with E-state index in [0.29, 0.717) is 0 Å². The van der Waals surface area contributed by atoms with Crippen molar-refractivity contribution >= 4 is 17.6 Å². The largest absolute Gasteiger partial charge is 0.497 e. The number of nitrogens with zero attached hydrogens (tertiary/aromatic N) is 2. The maximum atomic E-state index is 12.5. The van der Waals surface area contributed by atoms with Gasteiger partial charge in [0.2, 0.25) is 5.91 Å². The minimum atomic E-state index is -0.362. The monoisotopic (exact) mass is 388 g/mol. The minimum Gasteiger partial charge on any atom is -0.497 e. The zero-order valence-electron chi connectivity index (χ0n) is 16.9. The molecule has 1 saturated carbocycles. The molecule has 0 unspecified atom stereocenters. The fourth-order valence-electron chi connectivity index (χ4n) is 4.03. The van der Waals surface area contributed by atoms with E-state index in [-0.39, 0.29) is 24.0 Å². The van der Waals surface area contributed by atoms with Crippen molar-refractivity contribution < 1.29 is 14.3 Å². The normalized spacial score (nSPS) is 19.7. The third-order valence-corrected chi connectivity index (χ3v) is 5.84. The Kier molecular flexibility index (Phi) is 7.14. The van der Waals surface area contributed by atoms with Crippen molar-refractivity contribution in [2.45, 2.75) is 51.1 Å². The Morgan fingerprint density at radius 3 is 2.50 bits per heavy atom. The average molecular weight is 389 g/mol. The molecule has 1 aromatic carbocycles. The number of piperazine rings is 1. The lowest BCUT2D eigenvalue weighted by atomic mass is 9.96. The molecule has 7 nitrogen and oxygen atoms in total. The molecule has 28 heavy (non-hydrogen) atoms. The molecule has 2 fully saturated rings. The second kappa shape index (κ2) is 9.78. The van der Waals surface area contributed by atoms with Crippen LogP contribution in [-0.2, 0) is 4.79 Å². The predicted octanol–water partition coefficient (Wildman–Crippen LogP) is 2.36. The first-order chi connectivity index (χ1) is 13.6. The van der Waals surface area contributed by atoms with E-state index in [4.69, 9.17) is 4.74 Å². The first-order valence-electron chi connectivity index (χ1n) is 10.3. The van der Waals surface area contributed by atoms with Crippen LogP contribution in [0.25, 0.3) is 0 Å². The highest BCUT2D eigenvalue weighted by atomic mass is 16.5. The molecule has 154 valence electrons. The van der Waals surface area contributed by atoms with Gasteiger partial charge in [-0.25, -0.2) is 4.79 Å². The number of imide groups is 1. The number of rotatable bonds is 5. The molecular formula is C21H32N4O3. The molecule has 1 aliphatic heterocycles. The minimum absolute atomic E-state index is 0.197. The van der Waals surface area contributed by atoms with Gasteiger partial charge >= 0.3 is 6.03 Å². The van der Waals surface area contributed by atoms with E-state index in [1.54, 1.807) is 7.11 Å². The summed E-state index contributed by atoms with van der Waals surface area (Å²) in [6.45, 7) is 5.08. The van der Waals surface area contributed by atoms with Gasteiger partial charge in [-0.05, 0) is 31.9 Å². The molecule has 0 aromatic heterocycles.